The number of hydrazine groups is 1. The molecule has 2 aromatic heterocycles. The Hall–Kier alpha value is -3.05. The van der Waals surface area contributed by atoms with Crippen LogP contribution in [0.25, 0.3) is 10.7 Å². The molecule has 0 fully saturated rings. The highest BCUT2D eigenvalue weighted by Gasteiger charge is 2.27. The van der Waals surface area contributed by atoms with Crippen LogP contribution in [-0.2, 0) is 16.1 Å². The molecule has 3 aromatic rings. The summed E-state index contributed by atoms with van der Waals surface area (Å²) in [6.45, 7) is 2.75. The van der Waals surface area contributed by atoms with E-state index in [1.165, 1.54) is 11.8 Å². The van der Waals surface area contributed by atoms with Gasteiger partial charge in [-0.15, -0.1) is 21.5 Å². The summed E-state index contributed by atoms with van der Waals surface area (Å²) in [5.74, 6) is 1.08. The minimum absolute atomic E-state index is 0.0680. The standard InChI is InChI=1S/C19H19N5O4S2/c1-2-24-17(15-8-5-9-29-15)21-23-19(24)30-11-16(25)20-22-18(26)14-10-27-12-6-3-4-7-13(12)28-14/h3-9,14H,2,10-11H2,1H3,(H,20,25)(H,22,26)/t14-/m1/s1. The van der Waals surface area contributed by atoms with Gasteiger partial charge in [0.2, 0.25) is 12.0 Å². The first-order valence-corrected chi connectivity index (χ1v) is 11.1. The van der Waals surface area contributed by atoms with Crippen LogP contribution in [-0.4, -0.2) is 45.0 Å². The first-order valence-electron chi connectivity index (χ1n) is 9.22. The number of carbonyl (C=O) groups excluding carboxylic acids is 2. The number of thioether (sulfide) groups is 1. The van der Waals surface area contributed by atoms with Crippen molar-refractivity contribution >= 4 is 34.9 Å². The van der Waals surface area contributed by atoms with Crippen molar-refractivity contribution in [3.63, 3.8) is 0 Å². The summed E-state index contributed by atoms with van der Waals surface area (Å²) in [6, 6.07) is 11.0. The Balaban J connectivity index is 1.27. The number of fused-ring (bicyclic) bond motifs is 1. The molecule has 3 heterocycles. The molecule has 0 radical (unpaired) electrons. The number of thiophene rings is 1. The molecule has 0 aliphatic carbocycles. The Morgan fingerprint density at radius 1 is 1.20 bits per heavy atom. The lowest BCUT2D eigenvalue weighted by Gasteiger charge is -2.25. The fourth-order valence-corrected chi connectivity index (χ4v) is 4.31. The molecule has 4 rings (SSSR count). The molecular formula is C19H19N5O4S2. The second-order valence-electron chi connectivity index (χ2n) is 6.22. The van der Waals surface area contributed by atoms with E-state index in [1.54, 1.807) is 29.5 Å². The van der Waals surface area contributed by atoms with Crippen LogP contribution in [0.5, 0.6) is 11.5 Å². The second kappa shape index (κ2) is 9.18. The Bertz CT molecular complexity index is 1040. The molecule has 0 bridgehead atoms. The first kappa shape index (κ1) is 20.2. The SMILES string of the molecule is CCn1c(SCC(=O)NNC(=O)[C@H]2COc3ccccc3O2)nnc1-c1cccs1. The molecule has 0 saturated carbocycles. The predicted molar refractivity (Wildman–Crippen MR) is 112 cm³/mol. The number of para-hydroxylation sites is 2. The van der Waals surface area contributed by atoms with Crippen LogP contribution in [0, 0.1) is 0 Å². The zero-order valence-corrected chi connectivity index (χ0v) is 17.7. The Morgan fingerprint density at radius 2 is 2.03 bits per heavy atom. The van der Waals surface area contributed by atoms with E-state index in [-0.39, 0.29) is 18.3 Å². The topological polar surface area (TPSA) is 107 Å². The third-order valence-electron chi connectivity index (χ3n) is 4.23. The van der Waals surface area contributed by atoms with Crippen LogP contribution in [0.15, 0.2) is 46.9 Å². The number of amides is 2. The van der Waals surface area contributed by atoms with Gasteiger partial charge in [0.15, 0.2) is 22.5 Å². The van der Waals surface area contributed by atoms with Gasteiger partial charge in [-0.25, -0.2) is 0 Å². The van der Waals surface area contributed by atoms with Gasteiger partial charge in [-0.3, -0.25) is 20.4 Å². The summed E-state index contributed by atoms with van der Waals surface area (Å²) < 4.78 is 13.1. The molecule has 1 aromatic carbocycles. The van der Waals surface area contributed by atoms with Gasteiger partial charge < -0.3 is 14.0 Å². The zero-order chi connectivity index (χ0) is 20.9. The monoisotopic (exact) mass is 445 g/mol. The second-order valence-corrected chi connectivity index (χ2v) is 8.11. The van der Waals surface area contributed by atoms with E-state index in [4.69, 9.17) is 9.47 Å². The molecular weight excluding hydrogens is 426 g/mol. The number of nitrogens with zero attached hydrogens (tertiary/aromatic N) is 3. The van der Waals surface area contributed by atoms with Gasteiger partial charge in [-0.2, -0.15) is 0 Å². The minimum atomic E-state index is -0.843. The van der Waals surface area contributed by atoms with Crippen molar-refractivity contribution in [2.24, 2.45) is 0 Å². The van der Waals surface area contributed by atoms with Crippen molar-refractivity contribution in [1.29, 1.82) is 0 Å². The molecule has 0 unspecified atom stereocenters. The van der Waals surface area contributed by atoms with Gasteiger partial charge in [0.25, 0.3) is 5.91 Å². The maximum atomic E-state index is 12.3. The molecule has 1 atom stereocenters. The van der Waals surface area contributed by atoms with Crippen LogP contribution in [0.1, 0.15) is 6.92 Å². The lowest BCUT2D eigenvalue weighted by Crippen LogP contribution is -2.51. The van der Waals surface area contributed by atoms with Gasteiger partial charge in [-0.1, -0.05) is 30.0 Å². The van der Waals surface area contributed by atoms with Crippen LogP contribution < -0.4 is 20.3 Å². The smallest absolute Gasteiger partial charge is 0.283 e. The van der Waals surface area contributed by atoms with Gasteiger partial charge in [0, 0.05) is 6.54 Å². The molecule has 1 aliphatic rings. The lowest BCUT2D eigenvalue weighted by molar-refractivity contribution is -0.134. The quantitative estimate of drug-likeness (QED) is 0.442. The van der Waals surface area contributed by atoms with Crippen LogP contribution in [0.4, 0.5) is 0 Å². The molecule has 0 saturated heterocycles. The number of aromatic nitrogens is 3. The van der Waals surface area contributed by atoms with Crippen molar-refractivity contribution in [2.45, 2.75) is 24.7 Å². The maximum absolute atomic E-state index is 12.3. The van der Waals surface area contributed by atoms with E-state index >= 15 is 0 Å². The van der Waals surface area contributed by atoms with Crippen molar-refractivity contribution < 1.29 is 19.1 Å². The van der Waals surface area contributed by atoms with Crippen molar-refractivity contribution in [1.82, 2.24) is 25.6 Å². The first-order chi connectivity index (χ1) is 14.7. The highest BCUT2D eigenvalue weighted by molar-refractivity contribution is 7.99. The molecule has 2 N–H and O–H groups in total. The largest absolute Gasteiger partial charge is 0.485 e. The molecule has 2 amide bonds. The van der Waals surface area contributed by atoms with Crippen LogP contribution >= 0.6 is 23.1 Å². The van der Waals surface area contributed by atoms with E-state index in [0.717, 1.165) is 10.7 Å². The van der Waals surface area contributed by atoms with Gasteiger partial charge >= 0.3 is 0 Å². The summed E-state index contributed by atoms with van der Waals surface area (Å²) in [5.41, 5.74) is 4.77. The highest BCUT2D eigenvalue weighted by atomic mass is 32.2. The third-order valence-corrected chi connectivity index (χ3v) is 6.07. The predicted octanol–water partition coefficient (Wildman–Crippen LogP) is 2.11. The molecule has 156 valence electrons. The minimum Gasteiger partial charge on any atom is -0.485 e. The summed E-state index contributed by atoms with van der Waals surface area (Å²) in [5, 5.41) is 11.0. The average Bonchev–Trinajstić information content (AvgIpc) is 3.45. The molecule has 11 heteroatoms. The van der Waals surface area contributed by atoms with Crippen molar-refractivity contribution in [3.8, 4) is 22.2 Å². The molecule has 0 spiro atoms. The summed E-state index contributed by atoms with van der Waals surface area (Å²) in [7, 11) is 0. The van der Waals surface area contributed by atoms with Crippen molar-refractivity contribution in [3.05, 3.63) is 41.8 Å². The Kier molecular flexibility index (Phi) is 6.19. The number of hydrogen-bond donors (Lipinski definition) is 2. The Morgan fingerprint density at radius 3 is 2.80 bits per heavy atom. The van der Waals surface area contributed by atoms with Crippen molar-refractivity contribution in [2.75, 3.05) is 12.4 Å². The third kappa shape index (κ3) is 4.41. The lowest BCUT2D eigenvalue weighted by atomic mass is 10.2. The molecule has 30 heavy (non-hydrogen) atoms. The van der Waals surface area contributed by atoms with Gasteiger partial charge in [0.05, 0.1) is 10.6 Å². The van der Waals surface area contributed by atoms with Gasteiger partial charge in [-0.05, 0) is 30.5 Å². The number of nitrogens with one attached hydrogen (secondary N) is 2. The molecule has 1 aliphatic heterocycles. The fraction of sp³-hybridized carbons (Fsp3) is 0.263. The number of hydrogen-bond acceptors (Lipinski definition) is 8. The summed E-state index contributed by atoms with van der Waals surface area (Å²) in [4.78, 5) is 25.4. The number of benzene rings is 1. The van der Waals surface area contributed by atoms with E-state index in [1.807, 2.05) is 35.1 Å². The summed E-state index contributed by atoms with van der Waals surface area (Å²) >= 11 is 2.83. The normalized spacial score (nSPS) is 14.9. The van der Waals surface area contributed by atoms with E-state index < -0.39 is 12.0 Å². The van der Waals surface area contributed by atoms with E-state index in [0.29, 0.717) is 23.2 Å². The molecule has 9 nitrogen and oxygen atoms in total. The number of rotatable bonds is 6. The number of carbonyl (C=O) groups is 2. The van der Waals surface area contributed by atoms with Crippen LogP contribution in [0.2, 0.25) is 0 Å². The summed E-state index contributed by atoms with van der Waals surface area (Å²) in [6.07, 6.45) is -0.843. The van der Waals surface area contributed by atoms with Gasteiger partial charge in [0.1, 0.15) is 6.61 Å². The highest BCUT2D eigenvalue weighted by Crippen LogP contribution is 2.31. The van der Waals surface area contributed by atoms with E-state index in [9.17, 15) is 9.59 Å². The average molecular weight is 446 g/mol. The van der Waals surface area contributed by atoms with E-state index in [2.05, 4.69) is 21.0 Å². The Labute approximate surface area is 180 Å². The fourth-order valence-electron chi connectivity index (χ4n) is 2.80. The van der Waals surface area contributed by atoms with Crippen LogP contribution in [0.3, 0.4) is 0 Å². The zero-order valence-electron chi connectivity index (χ0n) is 16.0. The maximum Gasteiger partial charge on any atom is 0.283 e. The number of ether oxygens (including phenoxy) is 2.